The highest BCUT2D eigenvalue weighted by atomic mass is 16.2. The molecule has 2 aromatic rings. The molecule has 1 aliphatic rings. The lowest BCUT2D eigenvalue weighted by Crippen LogP contribution is -2.51. The molecule has 0 bridgehead atoms. The first-order valence-corrected chi connectivity index (χ1v) is 8.38. The minimum Gasteiger partial charge on any atom is -0.368 e. The molecular formula is C19H24N4O. The molecule has 126 valence electrons. The van der Waals surface area contributed by atoms with Crippen LogP contribution < -0.4 is 10.2 Å². The number of benzene rings is 1. The summed E-state index contributed by atoms with van der Waals surface area (Å²) in [4.78, 5) is 20.6. The smallest absolute Gasteiger partial charge is 0.317 e. The van der Waals surface area contributed by atoms with Crippen molar-refractivity contribution < 1.29 is 4.79 Å². The van der Waals surface area contributed by atoms with E-state index in [0.29, 0.717) is 6.54 Å². The lowest BCUT2D eigenvalue weighted by atomic mass is 10.1. The summed E-state index contributed by atoms with van der Waals surface area (Å²) in [7, 11) is 0. The Morgan fingerprint density at radius 1 is 1.08 bits per heavy atom. The normalized spacial score (nSPS) is 14.6. The Kier molecular flexibility index (Phi) is 4.99. The fourth-order valence-electron chi connectivity index (χ4n) is 3.02. The van der Waals surface area contributed by atoms with Crippen LogP contribution in [0.15, 0.2) is 42.7 Å². The number of aryl methyl sites for hydroxylation is 1. The number of hydrogen-bond donors (Lipinski definition) is 1. The van der Waals surface area contributed by atoms with Crippen molar-refractivity contribution in [3.05, 3.63) is 59.4 Å². The van der Waals surface area contributed by atoms with Gasteiger partial charge in [-0.25, -0.2) is 4.79 Å². The molecule has 5 nitrogen and oxygen atoms in total. The predicted molar refractivity (Wildman–Crippen MR) is 96.2 cm³/mol. The summed E-state index contributed by atoms with van der Waals surface area (Å²) >= 11 is 0. The molecule has 3 rings (SSSR count). The van der Waals surface area contributed by atoms with Gasteiger partial charge in [-0.3, -0.25) is 4.98 Å². The number of urea groups is 1. The molecule has 1 aliphatic heterocycles. The van der Waals surface area contributed by atoms with Crippen molar-refractivity contribution in [3.8, 4) is 0 Å². The first-order chi connectivity index (χ1) is 11.6. The van der Waals surface area contributed by atoms with Gasteiger partial charge in [-0.15, -0.1) is 0 Å². The number of pyridine rings is 1. The third-order valence-corrected chi connectivity index (χ3v) is 4.68. The highest BCUT2D eigenvalue weighted by Gasteiger charge is 2.22. The number of hydrogen-bond acceptors (Lipinski definition) is 3. The zero-order valence-corrected chi connectivity index (χ0v) is 14.3. The Morgan fingerprint density at radius 3 is 2.50 bits per heavy atom. The topological polar surface area (TPSA) is 48.5 Å². The average molecular weight is 324 g/mol. The van der Waals surface area contributed by atoms with Crippen LogP contribution in [0.2, 0.25) is 0 Å². The molecule has 0 aliphatic carbocycles. The van der Waals surface area contributed by atoms with Crippen LogP contribution in [0, 0.1) is 13.8 Å². The number of nitrogens with zero attached hydrogens (tertiary/aromatic N) is 3. The maximum atomic E-state index is 12.3. The second-order valence-corrected chi connectivity index (χ2v) is 6.21. The molecule has 1 N–H and O–H groups in total. The first kappa shape index (κ1) is 16.3. The van der Waals surface area contributed by atoms with Crippen LogP contribution in [0.5, 0.6) is 0 Å². The maximum Gasteiger partial charge on any atom is 0.317 e. The summed E-state index contributed by atoms with van der Waals surface area (Å²) in [6.07, 6.45) is 3.48. The van der Waals surface area contributed by atoms with E-state index in [1.54, 1.807) is 12.4 Å². The summed E-state index contributed by atoms with van der Waals surface area (Å²) in [6.45, 7) is 8.07. The van der Waals surface area contributed by atoms with E-state index < -0.39 is 0 Å². The van der Waals surface area contributed by atoms with Crippen LogP contribution in [0.1, 0.15) is 16.7 Å². The summed E-state index contributed by atoms with van der Waals surface area (Å²) in [6, 6.07) is 10.2. The van der Waals surface area contributed by atoms with Crippen molar-refractivity contribution in [2.45, 2.75) is 20.4 Å². The molecule has 1 fully saturated rings. The summed E-state index contributed by atoms with van der Waals surface area (Å²) in [5.74, 6) is 0. The van der Waals surface area contributed by atoms with Gasteiger partial charge in [0.2, 0.25) is 0 Å². The maximum absolute atomic E-state index is 12.3. The molecular weight excluding hydrogens is 300 g/mol. The number of carbonyl (C=O) groups is 1. The van der Waals surface area contributed by atoms with Gasteiger partial charge in [0.25, 0.3) is 0 Å². The van der Waals surface area contributed by atoms with Crippen LogP contribution >= 0.6 is 0 Å². The predicted octanol–water partition coefficient (Wildman–Crippen LogP) is 2.73. The number of piperazine rings is 1. The van der Waals surface area contributed by atoms with E-state index in [-0.39, 0.29) is 6.03 Å². The van der Waals surface area contributed by atoms with E-state index in [2.05, 4.69) is 47.2 Å². The number of anilines is 1. The second kappa shape index (κ2) is 7.34. The van der Waals surface area contributed by atoms with Gasteiger partial charge in [-0.05, 0) is 48.7 Å². The van der Waals surface area contributed by atoms with Gasteiger partial charge in [0, 0.05) is 50.8 Å². The molecule has 2 heterocycles. The highest BCUT2D eigenvalue weighted by Crippen LogP contribution is 2.23. The van der Waals surface area contributed by atoms with E-state index in [1.807, 2.05) is 17.0 Å². The molecule has 0 atom stereocenters. The van der Waals surface area contributed by atoms with Gasteiger partial charge >= 0.3 is 6.03 Å². The minimum absolute atomic E-state index is 0.00688. The summed E-state index contributed by atoms with van der Waals surface area (Å²) < 4.78 is 0. The second-order valence-electron chi connectivity index (χ2n) is 6.21. The summed E-state index contributed by atoms with van der Waals surface area (Å²) in [5.41, 5.74) is 4.98. The SMILES string of the molecule is Cc1cccc(N2CCN(C(=O)NCc3ccncc3)CC2)c1C. The Labute approximate surface area is 143 Å². The fraction of sp³-hybridized carbons (Fsp3) is 0.368. The van der Waals surface area contributed by atoms with E-state index in [4.69, 9.17) is 0 Å². The van der Waals surface area contributed by atoms with Crippen LogP contribution in [-0.2, 0) is 6.54 Å². The van der Waals surface area contributed by atoms with Gasteiger partial charge in [-0.2, -0.15) is 0 Å². The molecule has 2 amide bonds. The zero-order chi connectivity index (χ0) is 16.9. The number of aromatic nitrogens is 1. The van der Waals surface area contributed by atoms with Gasteiger partial charge in [0.1, 0.15) is 0 Å². The molecule has 24 heavy (non-hydrogen) atoms. The highest BCUT2D eigenvalue weighted by molar-refractivity contribution is 5.74. The molecule has 0 unspecified atom stereocenters. The Morgan fingerprint density at radius 2 is 1.79 bits per heavy atom. The molecule has 0 saturated carbocycles. The largest absolute Gasteiger partial charge is 0.368 e. The van der Waals surface area contributed by atoms with Crippen molar-refractivity contribution in [3.63, 3.8) is 0 Å². The van der Waals surface area contributed by atoms with Crippen molar-refractivity contribution in [2.75, 3.05) is 31.1 Å². The van der Waals surface area contributed by atoms with Crippen LogP contribution in [0.25, 0.3) is 0 Å². The third-order valence-electron chi connectivity index (χ3n) is 4.68. The number of nitrogens with one attached hydrogen (secondary N) is 1. The van der Waals surface area contributed by atoms with Gasteiger partial charge in [0.15, 0.2) is 0 Å². The van der Waals surface area contributed by atoms with E-state index in [1.165, 1.54) is 16.8 Å². The number of carbonyl (C=O) groups excluding carboxylic acids is 1. The number of rotatable bonds is 3. The minimum atomic E-state index is 0.00688. The van der Waals surface area contributed by atoms with E-state index in [0.717, 1.165) is 31.7 Å². The molecule has 5 heteroatoms. The standard InChI is InChI=1S/C19H24N4O/c1-15-4-3-5-18(16(15)2)22-10-12-23(13-11-22)19(24)21-14-17-6-8-20-9-7-17/h3-9H,10-14H2,1-2H3,(H,21,24). The molecule has 0 radical (unpaired) electrons. The molecule has 0 spiro atoms. The Balaban J connectivity index is 1.53. The zero-order valence-electron chi connectivity index (χ0n) is 14.3. The lowest BCUT2D eigenvalue weighted by Gasteiger charge is -2.37. The number of amides is 2. The molecule has 1 aromatic carbocycles. The Hall–Kier alpha value is -2.56. The van der Waals surface area contributed by atoms with Crippen LogP contribution in [0.3, 0.4) is 0 Å². The van der Waals surface area contributed by atoms with E-state index >= 15 is 0 Å². The molecule has 1 aromatic heterocycles. The van der Waals surface area contributed by atoms with Crippen molar-refractivity contribution in [2.24, 2.45) is 0 Å². The van der Waals surface area contributed by atoms with Crippen molar-refractivity contribution >= 4 is 11.7 Å². The van der Waals surface area contributed by atoms with Crippen LogP contribution in [0.4, 0.5) is 10.5 Å². The van der Waals surface area contributed by atoms with Crippen molar-refractivity contribution in [1.29, 1.82) is 0 Å². The van der Waals surface area contributed by atoms with Gasteiger partial charge < -0.3 is 15.1 Å². The van der Waals surface area contributed by atoms with Gasteiger partial charge in [0.05, 0.1) is 0 Å². The van der Waals surface area contributed by atoms with E-state index in [9.17, 15) is 4.79 Å². The molecule has 1 saturated heterocycles. The average Bonchev–Trinajstić information content (AvgIpc) is 2.63. The van der Waals surface area contributed by atoms with Crippen LogP contribution in [-0.4, -0.2) is 42.1 Å². The lowest BCUT2D eigenvalue weighted by molar-refractivity contribution is 0.194. The summed E-state index contributed by atoms with van der Waals surface area (Å²) in [5, 5.41) is 2.98. The Bertz CT molecular complexity index is 694. The van der Waals surface area contributed by atoms with Crippen molar-refractivity contribution in [1.82, 2.24) is 15.2 Å². The monoisotopic (exact) mass is 324 g/mol. The first-order valence-electron chi connectivity index (χ1n) is 8.38. The third kappa shape index (κ3) is 3.67. The quantitative estimate of drug-likeness (QED) is 0.944. The van der Waals surface area contributed by atoms with Gasteiger partial charge in [-0.1, -0.05) is 12.1 Å². The fourth-order valence-corrected chi connectivity index (χ4v) is 3.02.